The van der Waals surface area contributed by atoms with Crippen LogP contribution in [0.1, 0.15) is 16.4 Å². The fourth-order valence-electron chi connectivity index (χ4n) is 3.28. The van der Waals surface area contributed by atoms with E-state index >= 15 is 0 Å². The number of hydrogen-bond acceptors (Lipinski definition) is 5. The number of rotatable bonds is 5. The highest BCUT2D eigenvalue weighted by atomic mass is 32.2. The molecule has 0 spiro atoms. The highest BCUT2D eigenvalue weighted by Crippen LogP contribution is 2.35. The second-order valence-electron chi connectivity index (χ2n) is 7.25. The van der Waals surface area contributed by atoms with Crippen LogP contribution < -0.4 is 21.8 Å². The number of carbonyl (C=O) groups is 1. The van der Waals surface area contributed by atoms with Gasteiger partial charge in [-0.1, -0.05) is 48.5 Å². The molecule has 1 amide bonds. The number of fused-ring (bicyclic) bond motifs is 1. The van der Waals surface area contributed by atoms with Gasteiger partial charge in [0.15, 0.2) is 5.11 Å². The number of nitrogens with one attached hydrogen (secondary N) is 3. The molecule has 0 bridgehead atoms. The molecule has 1 atom stereocenters. The average molecular weight is 476 g/mol. The normalized spacial score (nSPS) is 11.5. The summed E-state index contributed by atoms with van der Waals surface area (Å²) in [5, 5.41) is 3.57. The molecule has 1 heterocycles. The maximum absolute atomic E-state index is 13.0. The van der Waals surface area contributed by atoms with Crippen LogP contribution in [0.5, 0.6) is 0 Å². The number of anilines is 1. The molecule has 3 aromatic carbocycles. The lowest BCUT2D eigenvalue weighted by atomic mass is 10.1. The number of hydrazine groups is 1. The Morgan fingerprint density at radius 3 is 2.36 bits per heavy atom. The van der Waals surface area contributed by atoms with Gasteiger partial charge in [-0.25, -0.2) is 4.79 Å². The average Bonchev–Trinajstić information content (AvgIpc) is 2.82. The Bertz CT molecular complexity index is 1340. The number of carbonyl (C=O) groups excluding carboxylic acids is 1. The molecule has 0 radical (unpaired) electrons. The first kappa shape index (κ1) is 22.6. The van der Waals surface area contributed by atoms with Crippen molar-refractivity contribution in [1.29, 1.82) is 0 Å². The van der Waals surface area contributed by atoms with Crippen LogP contribution in [-0.2, 0) is 4.79 Å². The highest BCUT2D eigenvalue weighted by Gasteiger charge is 2.22. The van der Waals surface area contributed by atoms with Crippen LogP contribution >= 0.6 is 24.0 Å². The number of aryl methyl sites for hydroxylation is 1. The van der Waals surface area contributed by atoms with E-state index in [0.29, 0.717) is 11.3 Å². The Morgan fingerprint density at radius 2 is 1.64 bits per heavy atom. The van der Waals surface area contributed by atoms with Gasteiger partial charge in [-0.05, 0) is 54.5 Å². The molecule has 6 nitrogen and oxygen atoms in total. The van der Waals surface area contributed by atoms with Gasteiger partial charge in [0.05, 0.1) is 0 Å². The summed E-state index contributed by atoms with van der Waals surface area (Å²) in [6.45, 7) is 1.85. The van der Waals surface area contributed by atoms with E-state index in [9.17, 15) is 9.59 Å². The Balaban J connectivity index is 1.43. The summed E-state index contributed by atoms with van der Waals surface area (Å²) in [4.78, 5) is 25.7. The summed E-state index contributed by atoms with van der Waals surface area (Å²) >= 11 is 6.78. The van der Waals surface area contributed by atoms with Crippen molar-refractivity contribution in [2.45, 2.75) is 17.1 Å². The Hall–Kier alpha value is -3.62. The lowest BCUT2D eigenvalue weighted by Gasteiger charge is -2.18. The highest BCUT2D eigenvalue weighted by molar-refractivity contribution is 8.00. The Kier molecular flexibility index (Phi) is 7.07. The predicted molar refractivity (Wildman–Crippen MR) is 136 cm³/mol. The summed E-state index contributed by atoms with van der Waals surface area (Å²) < 4.78 is 5.27. The molecule has 4 rings (SSSR count). The third-order valence-corrected chi connectivity index (χ3v) is 6.32. The fourth-order valence-corrected chi connectivity index (χ4v) is 4.50. The van der Waals surface area contributed by atoms with Crippen molar-refractivity contribution in [1.82, 2.24) is 10.9 Å². The van der Waals surface area contributed by atoms with E-state index in [0.717, 1.165) is 21.4 Å². The van der Waals surface area contributed by atoms with Crippen LogP contribution in [0.4, 0.5) is 5.69 Å². The van der Waals surface area contributed by atoms with Gasteiger partial charge >= 0.3 is 5.63 Å². The van der Waals surface area contributed by atoms with Crippen molar-refractivity contribution in [3.05, 3.63) is 106 Å². The van der Waals surface area contributed by atoms with Crippen LogP contribution in [0.25, 0.3) is 11.0 Å². The molecule has 0 fully saturated rings. The second kappa shape index (κ2) is 10.3. The van der Waals surface area contributed by atoms with Crippen molar-refractivity contribution in [3.63, 3.8) is 0 Å². The van der Waals surface area contributed by atoms with E-state index in [1.54, 1.807) is 6.07 Å². The first-order chi connectivity index (χ1) is 16.0. The van der Waals surface area contributed by atoms with Crippen LogP contribution in [-0.4, -0.2) is 11.0 Å². The molecule has 0 aliphatic heterocycles. The van der Waals surface area contributed by atoms with Gasteiger partial charge in [0.25, 0.3) is 5.91 Å². The summed E-state index contributed by atoms with van der Waals surface area (Å²) in [6, 6.07) is 26.1. The molecular formula is C25H21N3O3S2. The fraction of sp³-hybridized carbons (Fsp3) is 0.0800. The first-order valence-corrected chi connectivity index (χ1v) is 11.5. The minimum Gasteiger partial charge on any atom is -0.423 e. The van der Waals surface area contributed by atoms with Gasteiger partial charge in [-0.2, -0.15) is 0 Å². The minimum absolute atomic E-state index is 0.203. The molecule has 33 heavy (non-hydrogen) atoms. The van der Waals surface area contributed by atoms with E-state index in [4.69, 9.17) is 16.6 Å². The predicted octanol–water partition coefficient (Wildman–Crippen LogP) is 4.95. The van der Waals surface area contributed by atoms with Crippen LogP contribution in [0.3, 0.4) is 0 Å². The Labute approximate surface area is 200 Å². The van der Waals surface area contributed by atoms with Crippen LogP contribution in [0.2, 0.25) is 0 Å². The molecule has 0 saturated heterocycles. The SMILES string of the molecule is Cc1cc(=O)oc2cc(NC(=S)NNC(=O)[C@H](Sc3ccccc3)c3ccccc3)ccc12. The van der Waals surface area contributed by atoms with Crippen molar-refractivity contribution in [2.24, 2.45) is 0 Å². The molecular weight excluding hydrogens is 454 g/mol. The summed E-state index contributed by atoms with van der Waals surface area (Å²) in [6.07, 6.45) is 0. The van der Waals surface area contributed by atoms with Crippen LogP contribution in [0.15, 0.2) is 99.0 Å². The van der Waals surface area contributed by atoms with Crippen molar-refractivity contribution in [2.75, 3.05) is 5.32 Å². The zero-order chi connectivity index (χ0) is 23.2. The third kappa shape index (κ3) is 5.79. The van der Waals surface area contributed by atoms with E-state index in [-0.39, 0.29) is 11.0 Å². The molecule has 1 aromatic heterocycles. The molecule has 0 unspecified atom stereocenters. The number of thiocarbonyl (C=S) groups is 1. The summed E-state index contributed by atoms with van der Waals surface area (Å²) in [7, 11) is 0. The first-order valence-electron chi connectivity index (χ1n) is 10.2. The maximum Gasteiger partial charge on any atom is 0.336 e. The molecule has 4 aromatic rings. The number of thioether (sulfide) groups is 1. The zero-order valence-electron chi connectivity index (χ0n) is 17.7. The van der Waals surface area contributed by atoms with E-state index in [1.165, 1.54) is 17.8 Å². The standard InChI is InChI=1S/C25H21N3O3S2/c1-16-14-22(29)31-21-15-18(12-13-20(16)21)26-25(32)28-27-24(30)23(17-8-4-2-5-9-17)33-19-10-6-3-7-11-19/h2-15,23H,1H3,(H,27,30)(H2,26,28,32)/t23-/m1/s1. The van der Waals surface area contributed by atoms with Crippen molar-refractivity contribution in [3.8, 4) is 0 Å². The monoisotopic (exact) mass is 475 g/mol. The minimum atomic E-state index is -0.471. The number of benzene rings is 3. The molecule has 166 valence electrons. The maximum atomic E-state index is 13.0. The van der Waals surface area contributed by atoms with E-state index in [2.05, 4.69) is 16.2 Å². The van der Waals surface area contributed by atoms with Crippen molar-refractivity contribution >= 4 is 51.7 Å². The largest absolute Gasteiger partial charge is 0.423 e. The quantitative estimate of drug-likeness (QED) is 0.163. The Morgan fingerprint density at radius 1 is 0.939 bits per heavy atom. The van der Waals surface area contributed by atoms with Crippen molar-refractivity contribution < 1.29 is 9.21 Å². The zero-order valence-corrected chi connectivity index (χ0v) is 19.3. The lowest BCUT2D eigenvalue weighted by Crippen LogP contribution is -2.45. The summed E-state index contributed by atoms with van der Waals surface area (Å²) in [5.74, 6) is -0.237. The molecule has 0 aliphatic carbocycles. The van der Waals surface area contributed by atoms with Gasteiger partial charge in [0, 0.05) is 28.1 Å². The third-order valence-electron chi connectivity index (χ3n) is 4.85. The van der Waals surface area contributed by atoms with Gasteiger partial charge in [0.2, 0.25) is 0 Å². The summed E-state index contributed by atoms with van der Waals surface area (Å²) in [5.41, 5.74) is 7.83. The topological polar surface area (TPSA) is 83.4 Å². The second-order valence-corrected chi connectivity index (χ2v) is 8.84. The molecule has 0 saturated carbocycles. The van der Waals surface area contributed by atoms with Gasteiger partial charge in [-0.3, -0.25) is 15.6 Å². The van der Waals surface area contributed by atoms with E-state index < -0.39 is 10.9 Å². The van der Waals surface area contributed by atoms with Gasteiger partial charge in [0.1, 0.15) is 10.8 Å². The van der Waals surface area contributed by atoms with E-state index in [1.807, 2.05) is 79.7 Å². The number of amides is 1. The van der Waals surface area contributed by atoms with Gasteiger partial charge < -0.3 is 9.73 Å². The smallest absolute Gasteiger partial charge is 0.336 e. The van der Waals surface area contributed by atoms with Crippen LogP contribution in [0, 0.1) is 6.92 Å². The lowest BCUT2D eigenvalue weighted by molar-refractivity contribution is -0.121. The number of hydrogen-bond donors (Lipinski definition) is 3. The molecule has 0 aliphatic rings. The molecule has 3 N–H and O–H groups in total. The molecule has 8 heteroatoms. The van der Waals surface area contributed by atoms with Gasteiger partial charge in [-0.15, -0.1) is 11.8 Å².